The molecule has 5 rings (SSSR count). The molecular weight excluding hydrogens is 510 g/mol. The molecule has 0 spiro atoms. The number of nitrogens with zero attached hydrogens (tertiary/aromatic N) is 5. The van der Waals surface area contributed by atoms with E-state index in [1.165, 1.54) is 0 Å². The van der Waals surface area contributed by atoms with Crippen LogP contribution in [0.5, 0.6) is 0 Å². The highest BCUT2D eigenvalue weighted by molar-refractivity contribution is 6.07. The van der Waals surface area contributed by atoms with Crippen LogP contribution in [-0.2, 0) is 4.74 Å². The molecule has 0 atom stereocenters. The lowest BCUT2D eigenvalue weighted by molar-refractivity contribution is 0.101. The number of rotatable bonds is 8. The Bertz CT molecular complexity index is 1340. The molecule has 0 radical (unpaired) electrons. The van der Waals surface area contributed by atoms with Gasteiger partial charge in [0, 0.05) is 80.7 Å². The van der Waals surface area contributed by atoms with Gasteiger partial charge >= 0.3 is 0 Å². The maximum atomic E-state index is 13.2. The highest BCUT2D eigenvalue weighted by Gasteiger charge is 2.19. The summed E-state index contributed by atoms with van der Waals surface area (Å²) in [5, 5.41) is 15.1. The Morgan fingerprint density at radius 1 is 0.825 bits per heavy atom. The summed E-state index contributed by atoms with van der Waals surface area (Å²) in [6, 6.07) is 12.4. The second kappa shape index (κ2) is 12.9. The van der Waals surface area contributed by atoms with Crippen molar-refractivity contribution in [3.05, 3.63) is 71.5 Å². The maximum Gasteiger partial charge on any atom is 0.255 e. The fraction of sp³-hybridized carbons (Fsp3) is 0.379. The largest absolute Gasteiger partial charge is 0.395 e. The molecule has 0 bridgehead atoms. The molecule has 2 aliphatic heterocycles. The summed E-state index contributed by atoms with van der Waals surface area (Å²) in [6.07, 6.45) is 3.28. The first-order valence-corrected chi connectivity index (χ1v) is 13.6. The second-order valence-corrected chi connectivity index (χ2v) is 9.90. The van der Waals surface area contributed by atoms with Gasteiger partial charge in [0.2, 0.25) is 0 Å². The van der Waals surface area contributed by atoms with Crippen molar-refractivity contribution >= 4 is 34.8 Å². The number of carbonyl (C=O) groups excluding carboxylic acids is 2. The number of hydrogen-bond acceptors (Lipinski definition) is 9. The number of hydrogen-bond donors (Lipinski definition) is 3. The van der Waals surface area contributed by atoms with Crippen LogP contribution >= 0.6 is 0 Å². The molecular formula is C29H35N7O4. The Hall–Kier alpha value is -4.06. The zero-order chi connectivity index (χ0) is 27.9. The summed E-state index contributed by atoms with van der Waals surface area (Å²) in [5.74, 6) is 0.994. The van der Waals surface area contributed by atoms with Crippen molar-refractivity contribution in [2.45, 2.75) is 6.92 Å². The summed E-state index contributed by atoms with van der Waals surface area (Å²) in [4.78, 5) is 41.6. The third kappa shape index (κ3) is 6.74. The van der Waals surface area contributed by atoms with E-state index in [2.05, 4.69) is 35.3 Å². The molecule has 2 aliphatic rings. The fourth-order valence-electron chi connectivity index (χ4n) is 4.83. The molecule has 11 nitrogen and oxygen atoms in total. The van der Waals surface area contributed by atoms with Crippen molar-refractivity contribution < 1.29 is 19.4 Å². The number of aromatic nitrogens is 2. The molecule has 1 aromatic carbocycles. The average molecular weight is 546 g/mol. The van der Waals surface area contributed by atoms with Crippen molar-refractivity contribution in [2.24, 2.45) is 0 Å². The molecule has 2 saturated heterocycles. The highest BCUT2D eigenvalue weighted by Crippen LogP contribution is 2.23. The first kappa shape index (κ1) is 27.5. The van der Waals surface area contributed by atoms with Crippen molar-refractivity contribution in [2.75, 3.05) is 86.1 Å². The third-order valence-electron chi connectivity index (χ3n) is 7.21. The number of morpholine rings is 1. The van der Waals surface area contributed by atoms with Crippen LogP contribution in [0.25, 0.3) is 0 Å². The summed E-state index contributed by atoms with van der Waals surface area (Å²) in [5.41, 5.74) is 3.07. The summed E-state index contributed by atoms with van der Waals surface area (Å²) in [6.45, 7) is 8.71. The number of β-amino-alcohol motifs (C(OH)–C–C–N with tert-alkyl or cyclic N) is 1. The standard InChI is InChI=1S/C29H35N7O4/c1-21-2-3-24(32-28(38)22-4-6-31-27(18-22)36-13-16-40-17-14-36)20-25(21)33-29(39)23-5-7-30-26(19-23)35-10-8-34(9-11-35)12-15-37/h2-7,18-20,37H,8-17H2,1H3,(H,32,38)(H,33,39). The number of aryl methyl sites for hydroxylation is 1. The summed E-state index contributed by atoms with van der Waals surface area (Å²) >= 11 is 0. The van der Waals surface area contributed by atoms with E-state index >= 15 is 0 Å². The van der Waals surface area contributed by atoms with Crippen molar-refractivity contribution in [3.63, 3.8) is 0 Å². The molecule has 0 aliphatic carbocycles. The van der Waals surface area contributed by atoms with Gasteiger partial charge in [0.15, 0.2) is 0 Å². The molecule has 3 aromatic rings. The van der Waals surface area contributed by atoms with E-state index in [4.69, 9.17) is 9.84 Å². The molecule has 0 saturated carbocycles. The van der Waals surface area contributed by atoms with Crippen molar-refractivity contribution in [3.8, 4) is 0 Å². The van der Waals surface area contributed by atoms with Gasteiger partial charge in [0.05, 0.1) is 19.8 Å². The number of piperazine rings is 1. The predicted molar refractivity (Wildman–Crippen MR) is 154 cm³/mol. The van der Waals surface area contributed by atoms with E-state index < -0.39 is 0 Å². The Morgan fingerprint density at radius 2 is 1.43 bits per heavy atom. The number of benzene rings is 1. The Balaban J connectivity index is 1.24. The maximum absolute atomic E-state index is 13.2. The van der Waals surface area contributed by atoms with Gasteiger partial charge in [-0.2, -0.15) is 0 Å². The van der Waals surface area contributed by atoms with Crippen LogP contribution in [0.15, 0.2) is 54.9 Å². The van der Waals surface area contributed by atoms with Gasteiger partial charge < -0.3 is 30.3 Å². The zero-order valence-corrected chi connectivity index (χ0v) is 22.7. The molecule has 0 unspecified atom stereocenters. The van der Waals surface area contributed by atoms with Gasteiger partial charge in [0.25, 0.3) is 11.8 Å². The smallest absolute Gasteiger partial charge is 0.255 e. The molecule has 2 aromatic heterocycles. The van der Waals surface area contributed by atoms with E-state index in [1.54, 1.807) is 42.7 Å². The first-order chi connectivity index (χ1) is 19.5. The van der Waals surface area contributed by atoms with Crippen LogP contribution in [-0.4, -0.2) is 97.4 Å². The number of pyridine rings is 2. The van der Waals surface area contributed by atoms with E-state index in [0.29, 0.717) is 42.3 Å². The zero-order valence-electron chi connectivity index (χ0n) is 22.7. The minimum Gasteiger partial charge on any atom is -0.395 e. The van der Waals surface area contributed by atoms with Crippen LogP contribution in [0.4, 0.5) is 23.0 Å². The lowest BCUT2D eigenvalue weighted by Gasteiger charge is -2.35. The number of aliphatic hydroxyl groups is 1. The number of amides is 2. The molecule has 3 N–H and O–H groups in total. The van der Waals surface area contributed by atoms with Crippen LogP contribution in [0.3, 0.4) is 0 Å². The van der Waals surface area contributed by atoms with Crippen LogP contribution in [0.2, 0.25) is 0 Å². The normalized spacial score (nSPS) is 16.1. The van der Waals surface area contributed by atoms with E-state index in [9.17, 15) is 9.59 Å². The number of aliphatic hydroxyl groups excluding tert-OH is 1. The number of carbonyl (C=O) groups is 2. The Morgan fingerprint density at radius 3 is 2.05 bits per heavy atom. The lowest BCUT2D eigenvalue weighted by Crippen LogP contribution is -2.47. The van der Waals surface area contributed by atoms with Crippen molar-refractivity contribution in [1.29, 1.82) is 0 Å². The second-order valence-electron chi connectivity index (χ2n) is 9.90. The quantitative estimate of drug-likeness (QED) is 0.391. The monoisotopic (exact) mass is 545 g/mol. The van der Waals surface area contributed by atoms with E-state index in [-0.39, 0.29) is 18.4 Å². The van der Waals surface area contributed by atoms with Crippen LogP contribution in [0.1, 0.15) is 26.3 Å². The third-order valence-corrected chi connectivity index (χ3v) is 7.21. The average Bonchev–Trinajstić information content (AvgIpc) is 3.00. The van der Waals surface area contributed by atoms with Crippen LogP contribution in [0, 0.1) is 6.92 Å². The van der Waals surface area contributed by atoms with E-state index in [1.807, 2.05) is 19.1 Å². The lowest BCUT2D eigenvalue weighted by atomic mass is 10.1. The minimum atomic E-state index is -0.254. The number of anilines is 4. The molecule has 2 fully saturated rings. The first-order valence-electron chi connectivity index (χ1n) is 13.6. The van der Waals surface area contributed by atoms with Gasteiger partial charge in [-0.25, -0.2) is 9.97 Å². The SMILES string of the molecule is Cc1ccc(NC(=O)c2ccnc(N3CCOCC3)c2)cc1NC(=O)c1ccnc(N2CCN(CCO)CC2)c1. The van der Waals surface area contributed by atoms with Gasteiger partial charge in [0.1, 0.15) is 11.6 Å². The minimum absolute atomic E-state index is 0.151. The highest BCUT2D eigenvalue weighted by atomic mass is 16.5. The molecule has 2 amide bonds. The number of nitrogens with one attached hydrogen (secondary N) is 2. The van der Waals surface area contributed by atoms with Gasteiger partial charge in [-0.05, 0) is 48.9 Å². The van der Waals surface area contributed by atoms with Gasteiger partial charge in [-0.15, -0.1) is 0 Å². The summed E-state index contributed by atoms with van der Waals surface area (Å²) < 4.78 is 5.41. The topological polar surface area (TPSA) is 123 Å². The van der Waals surface area contributed by atoms with E-state index in [0.717, 1.165) is 56.5 Å². The fourth-order valence-corrected chi connectivity index (χ4v) is 4.83. The van der Waals surface area contributed by atoms with Gasteiger partial charge in [-0.3, -0.25) is 14.5 Å². The van der Waals surface area contributed by atoms with Gasteiger partial charge in [-0.1, -0.05) is 6.07 Å². The summed E-state index contributed by atoms with van der Waals surface area (Å²) in [7, 11) is 0. The van der Waals surface area contributed by atoms with Crippen molar-refractivity contribution in [1.82, 2.24) is 14.9 Å². The molecule has 11 heteroatoms. The van der Waals surface area contributed by atoms with Crippen LogP contribution < -0.4 is 20.4 Å². The number of ether oxygens (including phenoxy) is 1. The molecule has 4 heterocycles. The Kier molecular flexibility index (Phi) is 8.84. The molecule has 210 valence electrons. The molecule has 40 heavy (non-hydrogen) atoms. The Labute approximate surface area is 233 Å². The predicted octanol–water partition coefficient (Wildman–Crippen LogP) is 2.24.